The van der Waals surface area contributed by atoms with Gasteiger partial charge in [-0.1, -0.05) is 27.2 Å². The molecule has 1 fully saturated rings. The summed E-state index contributed by atoms with van der Waals surface area (Å²) >= 11 is 0. The topological polar surface area (TPSA) is 67.8 Å². The summed E-state index contributed by atoms with van der Waals surface area (Å²) in [5.74, 6) is 0.568. The van der Waals surface area contributed by atoms with Crippen LogP contribution in [0.5, 0.6) is 0 Å². The molecular weight excluding hydrogens is 292 g/mol. The first-order valence-corrected chi connectivity index (χ1v) is 8.89. The van der Waals surface area contributed by atoms with Crippen LogP contribution in [0, 0.1) is 11.8 Å². The second kappa shape index (κ2) is 9.45. The summed E-state index contributed by atoms with van der Waals surface area (Å²) in [6.07, 6.45) is 0.887. The van der Waals surface area contributed by atoms with Gasteiger partial charge in [-0.3, -0.25) is 0 Å². The molecule has 0 spiro atoms. The Labute approximate surface area is 141 Å². The van der Waals surface area contributed by atoms with Crippen LogP contribution in [0.3, 0.4) is 0 Å². The molecule has 2 amide bonds. The Hall–Kier alpha value is -0.850. The second-order valence-corrected chi connectivity index (χ2v) is 7.44. The average Bonchev–Trinajstić information content (AvgIpc) is 2.52. The number of nitrogens with zero attached hydrogens (tertiary/aromatic N) is 2. The largest absolute Gasteiger partial charge is 0.388 e. The molecule has 0 aromatic carbocycles. The van der Waals surface area contributed by atoms with Gasteiger partial charge < -0.3 is 25.5 Å². The van der Waals surface area contributed by atoms with Crippen molar-refractivity contribution in [2.75, 3.05) is 52.9 Å². The Balaban J connectivity index is 2.20. The first kappa shape index (κ1) is 20.2. The summed E-state index contributed by atoms with van der Waals surface area (Å²) in [5, 5.41) is 16.0. The van der Waals surface area contributed by atoms with Gasteiger partial charge in [0.1, 0.15) is 0 Å². The number of likely N-dealkylation sites (N-methyl/N-ethyl adjacent to an activating group) is 1. The van der Waals surface area contributed by atoms with E-state index in [1.165, 1.54) is 0 Å². The van der Waals surface area contributed by atoms with Crippen LogP contribution in [0.15, 0.2) is 0 Å². The fraction of sp³-hybridized carbons (Fsp3) is 0.941. The van der Waals surface area contributed by atoms with E-state index in [0.717, 1.165) is 39.1 Å². The van der Waals surface area contributed by atoms with E-state index in [0.29, 0.717) is 12.5 Å². The van der Waals surface area contributed by atoms with E-state index in [1.807, 2.05) is 13.8 Å². The maximum Gasteiger partial charge on any atom is 0.314 e. The van der Waals surface area contributed by atoms with Crippen molar-refractivity contribution >= 4 is 6.03 Å². The van der Waals surface area contributed by atoms with E-state index in [9.17, 15) is 9.90 Å². The van der Waals surface area contributed by atoms with Gasteiger partial charge in [-0.05, 0) is 25.8 Å². The highest BCUT2D eigenvalue weighted by Gasteiger charge is 2.27. The van der Waals surface area contributed by atoms with Crippen LogP contribution in [-0.4, -0.2) is 79.4 Å². The van der Waals surface area contributed by atoms with Crippen LogP contribution in [0.4, 0.5) is 4.79 Å². The van der Waals surface area contributed by atoms with Gasteiger partial charge in [-0.2, -0.15) is 0 Å². The van der Waals surface area contributed by atoms with Crippen LogP contribution in [-0.2, 0) is 0 Å². The Kier molecular flexibility index (Phi) is 8.29. The molecule has 6 nitrogen and oxygen atoms in total. The average molecular weight is 329 g/mol. The molecule has 0 aromatic rings. The molecule has 3 N–H and O–H groups in total. The maximum absolute atomic E-state index is 11.9. The number of carbonyl (C=O) groups is 1. The van der Waals surface area contributed by atoms with Crippen molar-refractivity contribution in [1.29, 1.82) is 0 Å². The lowest BCUT2D eigenvalue weighted by Gasteiger charge is -2.34. The molecule has 136 valence electrons. The number of carbonyl (C=O) groups excluding carboxylic acids is 1. The van der Waals surface area contributed by atoms with E-state index in [-0.39, 0.29) is 18.5 Å². The highest BCUT2D eigenvalue weighted by Crippen LogP contribution is 2.18. The quantitative estimate of drug-likeness (QED) is 0.621. The summed E-state index contributed by atoms with van der Waals surface area (Å²) in [6, 6.07) is -0.196. The zero-order valence-corrected chi connectivity index (χ0v) is 15.6. The molecule has 1 rings (SSSR count). The van der Waals surface area contributed by atoms with Gasteiger partial charge in [0.05, 0.1) is 5.60 Å². The number of piperazine rings is 1. The van der Waals surface area contributed by atoms with Crippen molar-refractivity contribution in [3.05, 3.63) is 0 Å². The molecule has 1 aliphatic heterocycles. The highest BCUT2D eigenvalue weighted by molar-refractivity contribution is 5.73. The Morgan fingerprint density at radius 3 is 2.39 bits per heavy atom. The van der Waals surface area contributed by atoms with Crippen LogP contribution in [0.1, 0.15) is 34.1 Å². The van der Waals surface area contributed by atoms with Crippen LogP contribution >= 0.6 is 0 Å². The summed E-state index contributed by atoms with van der Waals surface area (Å²) in [5.41, 5.74) is -0.864. The standard InChI is InChI=1S/C17H36N4O2/c1-6-15(3)17(4,23)13-19-16(22)18-11-14(2)12-21-9-7-20(5)8-10-21/h14-15,23H,6-13H2,1-5H3,(H2,18,19,22). The molecule has 6 heteroatoms. The van der Waals surface area contributed by atoms with Crippen molar-refractivity contribution in [2.45, 2.75) is 39.7 Å². The highest BCUT2D eigenvalue weighted by atomic mass is 16.3. The van der Waals surface area contributed by atoms with Gasteiger partial charge in [0.15, 0.2) is 0 Å². The summed E-state index contributed by atoms with van der Waals surface area (Å²) in [7, 11) is 2.15. The normalized spacial score (nSPS) is 22.2. The fourth-order valence-corrected chi connectivity index (χ4v) is 2.74. The molecular formula is C17H36N4O2. The van der Waals surface area contributed by atoms with Gasteiger partial charge >= 0.3 is 6.03 Å². The minimum atomic E-state index is -0.864. The van der Waals surface area contributed by atoms with Crippen LogP contribution in [0.25, 0.3) is 0 Å². The molecule has 1 heterocycles. The fourth-order valence-electron chi connectivity index (χ4n) is 2.74. The first-order chi connectivity index (χ1) is 10.7. The summed E-state index contributed by atoms with van der Waals surface area (Å²) < 4.78 is 0. The number of rotatable bonds is 8. The Bertz CT molecular complexity index is 355. The number of amides is 2. The smallest absolute Gasteiger partial charge is 0.314 e. The molecule has 0 saturated carbocycles. The van der Waals surface area contributed by atoms with Crippen molar-refractivity contribution in [3.8, 4) is 0 Å². The lowest BCUT2D eigenvalue weighted by Crippen LogP contribution is -2.49. The summed E-state index contributed by atoms with van der Waals surface area (Å²) in [4.78, 5) is 16.7. The maximum atomic E-state index is 11.9. The molecule has 23 heavy (non-hydrogen) atoms. The lowest BCUT2D eigenvalue weighted by atomic mass is 9.89. The van der Waals surface area contributed by atoms with Crippen LogP contribution in [0.2, 0.25) is 0 Å². The third-order valence-electron chi connectivity index (χ3n) is 5.06. The Morgan fingerprint density at radius 1 is 1.22 bits per heavy atom. The van der Waals surface area contributed by atoms with Gasteiger partial charge in [0.2, 0.25) is 0 Å². The zero-order valence-electron chi connectivity index (χ0n) is 15.6. The molecule has 0 aliphatic carbocycles. The molecule has 0 aromatic heterocycles. The number of aliphatic hydroxyl groups is 1. The molecule has 1 saturated heterocycles. The predicted octanol–water partition coefficient (Wildman–Crippen LogP) is 0.966. The monoisotopic (exact) mass is 328 g/mol. The third-order valence-corrected chi connectivity index (χ3v) is 5.06. The molecule has 3 unspecified atom stereocenters. The zero-order chi connectivity index (χ0) is 17.5. The van der Waals surface area contributed by atoms with E-state index in [4.69, 9.17) is 0 Å². The molecule has 0 radical (unpaired) electrons. The predicted molar refractivity (Wildman–Crippen MR) is 94.6 cm³/mol. The van der Waals surface area contributed by atoms with Crippen LogP contribution < -0.4 is 10.6 Å². The van der Waals surface area contributed by atoms with E-state index >= 15 is 0 Å². The first-order valence-electron chi connectivity index (χ1n) is 8.89. The molecule has 1 aliphatic rings. The SMILES string of the molecule is CCC(C)C(C)(O)CNC(=O)NCC(C)CN1CCN(C)CC1. The van der Waals surface area contributed by atoms with Crippen molar-refractivity contribution < 1.29 is 9.90 Å². The number of hydrogen-bond donors (Lipinski definition) is 3. The van der Waals surface area contributed by atoms with Gasteiger partial charge in [-0.15, -0.1) is 0 Å². The lowest BCUT2D eigenvalue weighted by molar-refractivity contribution is 0.00788. The summed E-state index contributed by atoms with van der Waals surface area (Å²) in [6.45, 7) is 14.4. The van der Waals surface area contributed by atoms with E-state index in [1.54, 1.807) is 6.92 Å². The number of urea groups is 1. The minimum Gasteiger partial charge on any atom is -0.388 e. The third kappa shape index (κ3) is 7.50. The van der Waals surface area contributed by atoms with Crippen molar-refractivity contribution in [1.82, 2.24) is 20.4 Å². The molecule has 3 atom stereocenters. The van der Waals surface area contributed by atoms with E-state index < -0.39 is 5.60 Å². The Morgan fingerprint density at radius 2 is 1.83 bits per heavy atom. The minimum absolute atomic E-state index is 0.152. The number of nitrogens with one attached hydrogen (secondary N) is 2. The second-order valence-electron chi connectivity index (χ2n) is 7.44. The number of hydrogen-bond acceptors (Lipinski definition) is 4. The van der Waals surface area contributed by atoms with Crippen molar-refractivity contribution in [2.24, 2.45) is 11.8 Å². The molecule has 0 bridgehead atoms. The van der Waals surface area contributed by atoms with E-state index in [2.05, 4.69) is 34.4 Å². The van der Waals surface area contributed by atoms with Gasteiger partial charge in [-0.25, -0.2) is 4.79 Å². The van der Waals surface area contributed by atoms with Gasteiger partial charge in [0.25, 0.3) is 0 Å². The van der Waals surface area contributed by atoms with Crippen molar-refractivity contribution in [3.63, 3.8) is 0 Å². The van der Waals surface area contributed by atoms with Gasteiger partial charge in [0, 0.05) is 45.8 Å².